The lowest BCUT2D eigenvalue weighted by Gasteiger charge is -2.31. The van der Waals surface area contributed by atoms with Crippen molar-refractivity contribution in [3.63, 3.8) is 0 Å². The molecule has 1 fully saturated rings. The highest BCUT2D eigenvalue weighted by Gasteiger charge is 2.22. The van der Waals surface area contributed by atoms with Gasteiger partial charge in [0, 0.05) is 13.1 Å². The summed E-state index contributed by atoms with van der Waals surface area (Å²) in [4.78, 5) is 15.0. The largest absolute Gasteiger partial charge is 0.461 e. The van der Waals surface area contributed by atoms with E-state index >= 15 is 0 Å². The maximum Gasteiger partial charge on any atom is 0.323 e. The second kappa shape index (κ2) is 6.69. The lowest BCUT2D eigenvalue weighted by Crippen LogP contribution is -2.34. The topological polar surface area (TPSA) is 89.2 Å². The third kappa shape index (κ3) is 3.69. The highest BCUT2D eigenvalue weighted by molar-refractivity contribution is 5.37. The number of nitrogens with zero attached hydrogens (tertiary/aromatic N) is 4. The minimum absolute atomic E-state index is 0.0117. The van der Waals surface area contributed by atoms with E-state index in [4.69, 9.17) is 10.6 Å². The normalized spacial score (nSPS) is 15.1. The van der Waals surface area contributed by atoms with Crippen LogP contribution < -0.4 is 20.9 Å². The summed E-state index contributed by atoms with van der Waals surface area (Å²) in [6, 6.07) is 0.310. The average molecular weight is 280 g/mol. The van der Waals surface area contributed by atoms with Gasteiger partial charge in [-0.05, 0) is 39.5 Å². The van der Waals surface area contributed by atoms with E-state index in [0.29, 0.717) is 17.9 Å². The van der Waals surface area contributed by atoms with E-state index in [1.807, 2.05) is 13.8 Å². The number of aromatic nitrogens is 3. The van der Waals surface area contributed by atoms with Crippen LogP contribution in [-0.2, 0) is 0 Å². The van der Waals surface area contributed by atoms with Crippen molar-refractivity contribution in [2.24, 2.45) is 11.8 Å². The van der Waals surface area contributed by atoms with Gasteiger partial charge in [-0.25, -0.2) is 5.84 Å². The number of nitrogens with two attached hydrogens (primary N) is 1. The first kappa shape index (κ1) is 14.8. The van der Waals surface area contributed by atoms with Gasteiger partial charge in [0.05, 0.1) is 6.10 Å². The molecular formula is C13H24N6O. The van der Waals surface area contributed by atoms with Crippen LogP contribution in [0, 0.1) is 5.92 Å². The van der Waals surface area contributed by atoms with Crippen molar-refractivity contribution < 1.29 is 4.74 Å². The number of hydrazine groups is 1. The van der Waals surface area contributed by atoms with Gasteiger partial charge in [-0.3, -0.25) is 5.43 Å². The number of nitrogen functional groups attached to an aromatic ring is 1. The van der Waals surface area contributed by atoms with E-state index in [1.54, 1.807) is 0 Å². The van der Waals surface area contributed by atoms with E-state index in [2.05, 4.69) is 32.2 Å². The van der Waals surface area contributed by atoms with Gasteiger partial charge >= 0.3 is 6.01 Å². The van der Waals surface area contributed by atoms with E-state index in [0.717, 1.165) is 19.0 Å². The van der Waals surface area contributed by atoms with Crippen LogP contribution in [0.15, 0.2) is 0 Å². The molecule has 3 N–H and O–H groups in total. The molecule has 1 aromatic rings. The molecule has 112 valence electrons. The molecule has 7 heteroatoms. The Bertz CT molecular complexity index is 435. The van der Waals surface area contributed by atoms with Crippen LogP contribution in [0.2, 0.25) is 0 Å². The number of hydrogen-bond acceptors (Lipinski definition) is 7. The summed E-state index contributed by atoms with van der Waals surface area (Å²) >= 11 is 0. The average Bonchev–Trinajstić information content (AvgIpc) is 2.36. The van der Waals surface area contributed by atoms with Crippen LogP contribution in [0.5, 0.6) is 6.01 Å². The Labute approximate surface area is 119 Å². The number of anilines is 2. The Morgan fingerprint density at radius 1 is 1.35 bits per heavy atom. The minimum atomic E-state index is 0.0117. The van der Waals surface area contributed by atoms with E-state index in [9.17, 15) is 0 Å². The fraction of sp³-hybridized carbons (Fsp3) is 0.769. The molecule has 0 aliphatic heterocycles. The van der Waals surface area contributed by atoms with Crippen molar-refractivity contribution in [2.75, 3.05) is 23.4 Å². The van der Waals surface area contributed by atoms with Gasteiger partial charge in [0.25, 0.3) is 0 Å². The van der Waals surface area contributed by atoms with Gasteiger partial charge in [-0.15, -0.1) is 0 Å². The Balaban J connectivity index is 2.17. The molecule has 0 bridgehead atoms. The maximum atomic E-state index is 5.55. The molecule has 0 saturated heterocycles. The lowest BCUT2D eigenvalue weighted by molar-refractivity contribution is 0.221. The Hall–Kier alpha value is -1.63. The second-order valence-corrected chi connectivity index (χ2v) is 5.39. The Kier molecular flexibility index (Phi) is 4.94. The predicted molar refractivity (Wildman–Crippen MR) is 78.6 cm³/mol. The summed E-state index contributed by atoms with van der Waals surface area (Å²) in [7, 11) is 0. The fourth-order valence-corrected chi connectivity index (χ4v) is 2.15. The zero-order chi connectivity index (χ0) is 14.5. The van der Waals surface area contributed by atoms with Gasteiger partial charge in [-0.1, -0.05) is 6.42 Å². The lowest BCUT2D eigenvalue weighted by atomic mass is 9.85. The standard InChI is InChI=1S/C13H24N6O/c1-4-19(8-10-6-5-7-10)12-15-11(18-14)16-13(17-12)20-9(2)3/h9-10H,4-8,14H2,1-3H3,(H,15,16,17,18). The number of hydrogen-bond donors (Lipinski definition) is 2. The van der Waals surface area contributed by atoms with Crippen molar-refractivity contribution in [2.45, 2.75) is 46.1 Å². The summed E-state index contributed by atoms with van der Waals surface area (Å²) in [6.45, 7) is 7.80. The SMILES string of the molecule is CCN(CC1CCC1)c1nc(NN)nc(OC(C)C)n1. The first-order valence-electron chi connectivity index (χ1n) is 7.26. The van der Waals surface area contributed by atoms with Crippen LogP contribution in [0.1, 0.15) is 40.0 Å². The van der Waals surface area contributed by atoms with Crippen LogP contribution in [0.4, 0.5) is 11.9 Å². The molecule has 2 rings (SSSR count). The van der Waals surface area contributed by atoms with E-state index < -0.39 is 0 Å². The van der Waals surface area contributed by atoms with Crippen molar-refractivity contribution >= 4 is 11.9 Å². The molecule has 1 aliphatic rings. The van der Waals surface area contributed by atoms with Gasteiger partial charge in [-0.2, -0.15) is 15.0 Å². The van der Waals surface area contributed by atoms with E-state index in [1.165, 1.54) is 19.3 Å². The molecule has 1 heterocycles. The molecule has 0 spiro atoms. The van der Waals surface area contributed by atoms with Crippen molar-refractivity contribution in [1.82, 2.24) is 15.0 Å². The van der Waals surface area contributed by atoms with Crippen LogP contribution in [0.3, 0.4) is 0 Å². The molecule has 0 radical (unpaired) electrons. The quantitative estimate of drug-likeness (QED) is 0.579. The molecule has 7 nitrogen and oxygen atoms in total. The van der Waals surface area contributed by atoms with Gasteiger partial charge in [0.2, 0.25) is 11.9 Å². The zero-order valence-corrected chi connectivity index (χ0v) is 12.5. The molecule has 0 unspecified atom stereocenters. The van der Waals surface area contributed by atoms with Crippen LogP contribution in [-0.4, -0.2) is 34.1 Å². The number of ether oxygens (including phenoxy) is 1. The van der Waals surface area contributed by atoms with Crippen molar-refractivity contribution in [1.29, 1.82) is 0 Å². The smallest absolute Gasteiger partial charge is 0.323 e. The second-order valence-electron chi connectivity index (χ2n) is 5.39. The summed E-state index contributed by atoms with van der Waals surface area (Å²) in [5.74, 6) is 7.12. The molecule has 1 aromatic heterocycles. The van der Waals surface area contributed by atoms with Gasteiger partial charge in [0.1, 0.15) is 0 Å². The zero-order valence-electron chi connectivity index (χ0n) is 12.5. The Morgan fingerprint density at radius 2 is 2.10 bits per heavy atom. The monoisotopic (exact) mass is 280 g/mol. The van der Waals surface area contributed by atoms with E-state index in [-0.39, 0.29) is 6.10 Å². The summed E-state index contributed by atoms with van der Waals surface area (Å²) < 4.78 is 5.55. The summed E-state index contributed by atoms with van der Waals surface area (Å²) in [5.41, 5.74) is 2.47. The molecule has 0 amide bonds. The highest BCUT2D eigenvalue weighted by atomic mass is 16.5. The molecule has 0 atom stereocenters. The van der Waals surface area contributed by atoms with Crippen LogP contribution >= 0.6 is 0 Å². The maximum absolute atomic E-state index is 5.55. The molecular weight excluding hydrogens is 256 g/mol. The van der Waals surface area contributed by atoms with Crippen molar-refractivity contribution in [3.8, 4) is 6.01 Å². The van der Waals surface area contributed by atoms with Crippen LogP contribution in [0.25, 0.3) is 0 Å². The molecule has 20 heavy (non-hydrogen) atoms. The number of nitrogens with one attached hydrogen (secondary N) is 1. The molecule has 0 aromatic carbocycles. The predicted octanol–water partition coefficient (Wildman–Crippen LogP) is 1.57. The fourth-order valence-electron chi connectivity index (χ4n) is 2.15. The van der Waals surface area contributed by atoms with Gasteiger partial charge in [0.15, 0.2) is 0 Å². The third-order valence-electron chi connectivity index (χ3n) is 3.44. The first-order valence-corrected chi connectivity index (χ1v) is 7.26. The highest BCUT2D eigenvalue weighted by Crippen LogP contribution is 2.28. The van der Waals surface area contributed by atoms with Gasteiger partial charge < -0.3 is 9.64 Å². The Morgan fingerprint density at radius 3 is 2.60 bits per heavy atom. The van der Waals surface area contributed by atoms with Crippen molar-refractivity contribution in [3.05, 3.63) is 0 Å². The minimum Gasteiger partial charge on any atom is -0.461 e. The summed E-state index contributed by atoms with van der Waals surface area (Å²) in [5, 5.41) is 0. The third-order valence-corrected chi connectivity index (χ3v) is 3.44. The first-order chi connectivity index (χ1) is 9.62. The number of rotatable bonds is 7. The molecule has 1 saturated carbocycles. The molecule has 1 aliphatic carbocycles. The summed E-state index contributed by atoms with van der Waals surface area (Å²) in [6.07, 6.45) is 3.92.